The van der Waals surface area contributed by atoms with Crippen molar-refractivity contribution in [3.8, 4) is 5.75 Å². The Hall–Kier alpha value is -2.05. The molecular weight excluding hydrogens is 288 g/mol. The van der Waals surface area contributed by atoms with Gasteiger partial charge in [0.15, 0.2) is 0 Å². The molecule has 0 bridgehead atoms. The zero-order chi connectivity index (χ0) is 15.8. The van der Waals surface area contributed by atoms with Gasteiger partial charge in [-0.15, -0.1) is 0 Å². The standard InChI is InChI=1S/C14H14F4N2O/c1-4-19-11-7(2)13(14(16,17)18)20-12-9(11)5-8(15)6-10(12)21-3/h5-6H,4H2,1-3H3,(H,19,20). The normalized spacial score (nSPS) is 11.8. The van der Waals surface area contributed by atoms with Crippen LogP contribution < -0.4 is 10.1 Å². The predicted octanol–water partition coefficient (Wildman–Crippen LogP) is 4.14. The first kappa shape index (κ1) is 15.3. The van der Waals surface area contributed by atoms with E-state index in [1.54, 1.807) is 6.92 Å². The van der Waals surface area contributed by atoms with Crippen LogP contribution in [0.2, 0.25) is 0 Å². The monoisotopic (exact) mass is 302 g/mol. The van der Waals surface area contributed by atoms with E-state index in [0.29, 0.717) is 6.54 Å². The summed E-state index contributed by atoms with van der Waals surface area (Å²) in [6.45, 7) is 3.45. The highest BCUT2D eigenvalue weighted by Crippen LogP contribution is 2.39. The summed E-state index contributed by atoms with van der Waals surface area (Å²) in [5.41, 5.74) is -0.874. The van der Waals surface area contributed by atoms with Crippen molar-refractivity contribution < 1.29 is 22.3 Å². The second-order valence-electron chi connectivity index (χ2n) is 4.49. The Morgan fingerprint density at radius 2 is 1.95 bits per heavy atom. The second-order valence-corrected chi connectivity index (χ2v) is 4.49. The number of rotatable bonds is 3. The maximum absolute atomic E-state index is 13.6. The van der Waals surface area contributed by atoms with Crippen molar-refractivity contribution in [1.29, 1.82) is 0 Å². The molecule has 0 atom stereocenters. The van der Waals surface area contributed by atoms with E-state index in [4.69, 9.17) is 4.74 Å². The van der Waals surface area contributed by atoms with Gasteiger partial charge in [0, 0.05) is 29.2 Å². The Morgan fingerprint density at radius 3 is 2.48 bits per heavy atom. The molecule has 3 nitrogen and oxygen atoms in total. The summed E-state index contributed by atoms with van der Waals surface area (Å²) in [7, 11) is 1.26. The number of pyridine rings is 1. The highest BCUT2D eigenvalue weighted by molar-refractivity contribution is 5.96. The Morgan fingerprint density at radius 1 is 1.29 bits per heavy atom. The fourth-order valence-corrected chi connectivity index (χ4v) is 2.23. The number of halogens is 4. The Labute approximate surface area is 118 Å². The molecule has 1 heterocycles. The van der Waals surface area contributed by atoms with Gasteiger partial charge in [0.1, 0.15) is 22.8 Å². The fourth-order valence-electron chi connectivity index (χ4n) is 2.23. The van der Waals surface area contributed by atoms with Crippen LogP contribution in [0.1, 0.15) is 18.2 Å². The summed E-state index contributed by atoms with van der Waals surface area (Å²) in [5.74, 6) is -0.630. The maximum Gasteiger partial charge on any atom is 0.433 e. The molecule has 1 N–H and O–H groups in total. The zero-order valence-electron chi connectivity index (χ0n) is 11.7. The molecule has 2 rings (SSSR count). The number of hydrogen-bond acceptors (Lipinski definition) is 3. The molecule has 114 valence electrons. The van der Waals surface area contributed by atoms with Gasteiger partial charge < -0.3 is 10.1 Å². The van der Waals surface area contributed by atoms with Crippen molar-refractivity contribution in [2.45, 2.75) is 20.0 Å². The molecule has 0 aliphatic carbocycles. The first-order valence-electron chi connectivity index (χ1n) is 6.28. The van der Waals surface area contributed by atoms with Crippen LogP contribution in [-0.4, -0.2) is 18.6 Å². The third-order valence-corrected chi connectivity index (χ3v) is 3.10. The molecule has 0 saturated carbocycles. The average molecular weight is 302 g/mol. The molecule has 0 amide bonds. The molecule has 0 unspecified atom stereocenters. The number of nitrogens with one attached hydrogen (secondary N) is 1. The molecule has 0 spiro atoms. The smallest absolute Gasteiger partial charge is 0.433 e. The van der Waals surface area contributed by atoms with Crippen molar-refractivity contribution in [3.05, 3.63) is 29.2 Å². The van der Waals surface area contributed by atoms with E-state index in [9.17, 15) is 17.6 Å². The van der Waals surface area contributed by atoms with E-state index in [1.807, 2.05) is 0 Å². The van der Waals surface area contributed by atoms with E-state index in [1.165, 1.54) is 14.0 Å². The molecule has 1 aromatic heterocycles. The van der Waals surface area contributed by atoms with Crippen LogP contribution in [0.25, 0.3) is 10.9 Å². The molecule has 0 aliphatic rings. The zero-order valence-corrected chi connectivity index (χ0v) is 11.7. The summed E-state index contributed by atoms with van der Waals surface area (Å²) in [5, 5.41) is 3.11. The quantitative estimate of drug-likeness (QED) is 0.865. The molecule has 0 radical (unpaired) electrons. The minimum absolute atomic E-state index is 0.0206. The lowest BCUT2D eigenvalue weighted by atomic mass is 10.1. The lowest BCUT2D eigenvalue weighted by Gasteiger charge is -2.18. The fraction of sp³-hybridized carbons (Fsp3) is 0.357. The Kier molecular flexibility index (Phi) is 3.93. The first-order valence-corrected chi connectivity index (χ1v) is 6.28. The van der Waals surface area contributed by atoms with E-state index in [2.05, 4.69) is 10.3 Å². The molecule has 7 heteroatoms. The van der Waals surface area contributed by atoms with Crippen molar-refractivity contribution in [2.75, 3.05) is 19.0 Å². The highest BCUT2D eigenvalue weighted by Gasteiger charge is 2.36. The summed E-state index contributed by atoms with van der Waals surface area (Å²) < 4.78 is 57.9. The number of hydrogen-bond donors (Lipinski definition) is 1. The van der Waals surface area contributed by atoms with Crippen LogP contribution in [0.4, 0.5) is 23.2 Å². The second kappa shape index (κ2) is 5.38. The number of alkyl halides is 3. The number of nitrogens with zero attached hydrogens (tertiary/aromatic N) is 1. The minimum Gasteiger partial charge on any atom is -0.494 e. The third-order valence-electron chi connectivity index (χ3n) is 3.10. The van der Waals surface area contributed by atoms with Gasteiger partial charge in [0.25, 0.3) is 0 Å². The lowest BCUT2D eigenvalue weighted by Crippen LogP contribution is -2.14. The van der Waals surface area contributed by atoms with Gasteiger partial charge in [0.05, 0.1) is 7.11 Å². The predicted molar refractivity (Wildman–Crippen MR) is 72.2 cm³/mol. The lowest BCUT2D eigenvalue weighted by molar-refractivity contribution is -0.141. The number of aromatic nitrogens is 1. The van der Waals surface area contributed by atoms with Crippen LogP contribution in [0, 0.1) is 12.7 Å². The maximum atomic E-state index is 13.6. The van der Waals surface area contributed by atoms with Gasteiger partial charge in [-0.2, -0.15) is 13.2 Å². The van der Waals surface area contributed by atoms with Crippen LogP contribution in [0.5, 0.6) is 5.75 Å². The summed E-state index contributed by atoms with van der Waals surface area (Å²) in [6.07, 6.45) is -4.60. The van der Waals surface area contributed by atoms with Crippen molar-refractivity contribution in [3.63, 3.8) is 0 Å². The van der Waals surface area contributed by atoms with Gasteiger partial charge in [0.2, 0.25) is 0 Å². The van der Waals surface area contributed by atoms with Crippen LogP contribution in [-0.2, 0) is 6.18 Å². The summed E-state index contributed by atoms with van der Waals surface area (Å²) >= 11 is 0. The molecular formula is C14H14F4N2O. The largest absolute Gasteiger partial charge is 0.494 e. The number of anilines is 1. The van der Waals surface area contributed by atoms with E-state index < -0.39 is 17.7 Å². The topological polar surface area (TPSA) is 34.2 Å². The van der Waals surface area contributed by atoms with Gasteiger partial charge >= 0.3 is 6.18 Å². The summed E-state index contributed by atoms with van der Waals surface area (Å²) in [6, 6.07) is 2.16. The Bertz CT molecular complexity index is 683. The highest BCUT2D eigenvalue weighted by atomic mass is 19.4. The van der Waals surface area contributed by atoms with Crippen molar-refractivity contribution >= 4 is 16.6 Å². The van der Waals surface area contributed by atoms with Gasteiger partial charge in [-0.25, -0.2) is 9.37 Å². The van der Waals surface area contributed by atoms with Crippen molar-refractivity contribution in [1.82, 2.24) is 4.98 Å². The Balaban J connectivity index is 2.92. The molecule has 0 fully saturated rings. The summed E-state index contributed by atoms with van der Waals surface area (Å²) in [4.78, 5) is 3.64. The third kappa shape index (κ3) is 2.72. The van der Waals surface area contributed by atoms with E-state index >= 15 is 0 Å². The number of fused-ring (bicyclic) bond motifs is 1. The molecule has 0 saturated heterocycles. The van der Waals surface area contributed by atoms with Crippen LogP contribution in [0.3, 0.4) is 0 Å². The van der Waals surface area contributed by atoms with Crippen LogP contribution >= 0.6 is 0 Å². The van der Waals surface area contributed by atoms with Gasteiger partial charge in [-0.1, -0.05) is 0 Å². The van der Waals surface area contributed by atoms with Crippen LogP contribution in [0.15, 0.2) is 12.1 Å². The van der Waals surface area contributed by atoms with Gasteiger partial charge in [-0.3, -0.25) is 0 Å². The number of methoxy groups -OCH3 is 1. The first-order chi connectivity index (χ1) is 9.79. The number of benzene rings is 1. The van der Waals surface area contributed by atoms with Crippen molar-refractivity contribution in [2.24, 2.45) is 0 Å². The SMILES string of the molecule is CCNc1c(C)c(C(F)(F)F)nc2c(OC)cc(F)cc12. The number of ether oxygens (including phenoxy) is 1. The van der Waals surface area contributed by atoms with Gasteiger partial charge in [-0.05, 0) is 19.9 Å². The molecule has 21 heavy (non-hydrogen) atoms. The van der Waals surface area contributed by atoms with E-state index in [-0.39, 0.29) is 27.9 Å². The molecule has 2 aromatic rings. The van der Waals surface area contributed by atoms with E-state index in [0.717, 1.165) is 12.1 Å². The molecule has 1 aromatic carbocycles. The molecule has 0 aliphatic heterocycles. The average Bonchev–Trinajstić information content (AvgIpc) is 2.39. The minimum atomic E-state index is -4.60.